The maximum absolute atomic E-state index is 3.87. The molecule has 1 aromatic rings. The van der Waals surface area contributed by atoms with Crippen molar-refractivity contribution < 1.29 is 0 Å². The van der Waals surface area contributed by atoms with Crippen LogP contribution in [0, 0.1) is 23.7 Å². The van der Waals surface area contributed by atoms with Gasteiger partial charge in [0.1, 0.15) is 0 Å². The maximum atomic E-state index is 3.87. The van der Waals surface area contributed by atoms with Crippen LogP contribution in [0.15, 0.2) is 17.5 Å². The van der Waals surface area contributed by atoms with Crippen LogP contribution in [0.4, 0.5) is 0 Å². The monoisotopic (exact) mass is 261 g/mol. The third kappa shape index (κ3) is 1.85. The van der Waals surface area contributed by atoms with E-state index in [9.17, 15) is 0 Å². The Bertz CT molecular complexity index is 399. The summed E-state index contributed by atoms with van der Waals surface area (Å²) in [5.41, 5.74) is 0. The quantitative estimate of drug-likeness (QED) is 0.871. The van der Waals surface area contributed by atoms with E-state index in [1.54, 1.807) is 12.8 Å². The Balaban J connectivity index is 1.32. The molecule has 0 saturated heterocycles. The van der Waals surface area contributed by atoms with Crippen molar-refractivity contribution in [2.75, 3.05) is 6.54 Å². The largest absolute Gasteiger partial charge is 0.313 e. The lowest BCUT2D eigenvalue weighted by Crippen LogP contribution is -2.40. The third-order valence-electron chi connectivity index (χ3n) is 5.79. The first-order valence-corrected chi connectivity index (χ1v) is 8.55. The van der Waals surface area contributed by atoms with E-state index in [0.29, 0.717) is 0 Å². The number of hydrogen-bond donors (Lipinski definition) is 1. The van der Waals surface area contributed by atoms with E-state index >= 15 is 0 Å². The van der Waals surface area contributed by atoms with Crippen molar-refractivity contribution in [3.05, 3.63) is 22.4 Å². The topological polar surface area (TPSA) is 12.0 Å². The Kier molecular flexibility index (Phi) is 2.96. The van der Waals surface area contributed by atoms with Crippen LogP contribution < -0.4 is 5.32 Å². The first kappa shape index (κ1) is 11.5. The van der Waals surface area contributed by atoms with E-state index in [0.717, 1.165) is 29.7 Å². The van der Waals surface area contributed by atoms with E-state index in [-0.39, 0.29) is 0 Å². The second-order valence-corrected chi connectivity index (χ2v) is 7.58. The molecule has 2 bridgehead atoms. The lowest BCUT2D eigenvalue weighted by molar-refractivity contribution is 0.209. The molecule has 0 spiro atoms. The highest BCUT2D eigenvalue weighted by atomic mass is 32.1. The summed E-state index contributed by atoms with van der Waals surface area (Å²) < 4.78 is 0. The van der Waals surface area contributed by atoms with Gasteiger partial charge in [-0.05, 0) is 67.2 Å². The molecule has 3 saturated carbocycles. The standard InChI is InChI=1S/C16H23NS/c1-4-13-11-9-15(14(13)5-1)16(10-11)17-7-6-12-3-2-8-18-12/h2-3,8,11,13-17H,1,4-7,9-10H2. The van der Waals surface area contributed by atoms with Crippen LogP contribution in [0.1, 0.15) is 37.0 Å². The van der Waals surface area contributed by atoms with E-state index in [4.69, 9.17) is 0 Å². The molecular formula is C16H23NS. The fourth-order valence-corrected chi connectivity index (χ4v) is 5.85. The maximum Gasteiger partial charge on any atom is 0.0101 e. The molecule has 1 aromatic heterocycles. The van der Waals surface area contributed by atoms with Gasteiger partial charge < -0.3 is 5.32 Å². The van der Waals surface area contributed by atoms with Gasteiger partial charge in [0.2, 0.25) is 0 Å². The van der Waals surface area contributed by atoms with E-state index in [2.05, 4.69) is 22.8 Å². The van der Waals surface area contributed by atoms with Gasteiger partial charge in [-0.2, -0.15) is 0 Å². The van der Waals surface area contributed by atoms with Gasteiger partial charge in [0, 0.05) is 17.5 Å². The number of hydrogen-bond acceptors (Lipinski definition) is 2. The van der Waals surface area contributed by atoms with Gasteiger partial charge >= 0.3 is 0 Å². The van der Waals surface area contributed by atoms with Gasteiger partial charge in [-0.25, -0.2) is 0 Å². The molecule has 1 nitrogen and oxygen atoms in total. The van der Waals surface area contributed by atoms with Crippen molar-refractivity contribution in [3.8, 4) is 0 Å². The summed E-state index contributed by atoms with van der Waals surface area (Å²) in [5, 5.41) is 6.06. The first-order valence-electron chi connectivity index (χ1n) is 7.67. The van der Waals surface area contributed by atoms with E-state index in [1.165, 1.54) is 37.1 Å². The molecule has 0 amide bonds. The zero-order chi connectivity index (χ0) is 11.9. The van der Waals surface area contributed by atoms with Gasteiger partial charge in [0.05, 0.1) is 0 Å². The summed E-state index contributed by atoms with van der Waals surface area (Å²) in [6, 6.07) is 5.29. The van der Waals surface area contributed by atoms with Crippen LogP contribution in [0.25, 0.3) is 0 Å². The Morgan fingerprint density at radius 1 is 1.17 bits per heavy atom. The van der Waals surface area contributed by atoms with Gasteiger partial charge in [-0.3, -0.25) is 0 Å². The van der Waals surface area contributed by atoms with Gasteiger partial charge in [0.15, 0.2) is 0 Å². The summed E-state index contributed by atoms with van der Waals surface area (Å²) in [7, 11) is 0. The van der Waals surface area contributed by atoms with Crippen LogP contribution in [-0.4, -0.2) is 12.6 Å². The summed E-state index contributed by atoms with van der Waals surface area (Å²) >= 11 is 1.90. The molecule has 0 aliphatic heterocycles. The van der Waals surface area contributed by atoms with Crippen LogP contribution in [0.5, 0.6) is 0 Å². The fourth-order valence-electron chi connectivity index (χ4n) is 5.14. The van der Waals surface area contributed by atoms with Crippen LogP contribution in [-0.2, 0) is 6.42 Å². The normalized spacial score (nSPS) is 41.4. The van der Waals surface area contributed by atoms with Crippen LogP contribution in [0.3, 0.4) is 0 Å². The molecule has 3 fully saturated rings. The van der Waals surface area contributed by atoms with E-state index < -0.39 is 0 Å². The van der Waals surface area contributed by atoms with Crippen molar-refractivity contribution in [2.24, 2.45) is 23.7 Å². The summed E-state index contributed by atoms with van der Waals surface area (Å²) in [6.07, 6.45) is 8.86. The molecule has 0 radical (unpaired) electrons. The molecule has 98 valence electrons. The third-order valence-corrected chi connectivity index (χ3v) is 6.72. The summed E-state index contributed by atoms with van der Waals surface area (Å²) in [4.78, 5) is 1.53. The lowest BCUT2D eigenvalue weighted by atomic mass is 9.79. The average molecular weight is 261 g/mol. The number of rotatable bonds is 4. The zero-order valence-corrected chi connectivity index (χ0v) is 11.8. The average Bonchev–Trinajstić information content (AvgIpc) is 3.12. The minimum absolute atomic E-state index is 0.856. The molecule has 5 atom stereocenters. The minimum atomic E-state index is 0.856. The smallest absolute Gasteiger partial charge is 0.0101 e. The minimum Gasteiger partial charge on any atom is -0.313 e. The molecule has 1 N–H and O–H groups in total. The molecule has 3 aliphatic carbocycles. The molecule has 4 rings (SSSR count). The second kappa shape index (κ2) is 4.64. The molecule has 1 heterocycles. The number of fused-ring (bicyclic) bond motifs is 5. The Labute approximate surface area is 114 Å². The number of nitrogens with one attached hydrogen (secondary N) is 1. The fraction of sp³-hybridized carbons (Fsp3) is 0.750. The van der Waals surface area contributed by atoms with Crippen molar-refractivity contribution in [1.29, 1.82) is 0 Å². The summed E-state index contributed by atoms with van der Waals surface area (Å²) in [5.74, 6) is 4.35. The molecule has 5 unspecified atom stereocenters. The van der Waals surface area contributed by atoms with Crippen molar-refractivity contribution in [2.45, 2.75) is 44.6 Å². The van der Waals surface area contributed by atoms with Crippen LogP contribution >= 0.6 is 11.3 Å². The van der Waals surface area contributed by atoms with Crippen LogP contribution in [0.2, 0.25) is 0 Å². The Morgan fingerprint density at radius 2 is 2.11 bits per heavy atom. The van der Waals surface area contributed by atoms with Crippen molar-refractivity contribution in [3.63, 3.8) is 0 Å². The SMILES string of the molecule is c1csc(CCNC2CC3CC2C2CCCC32)c1. The highest BCUT2D eigenvalue weighted by Crippen LogP contribution is 2.58. The molecule has 18 heavy (non-hydrogen) atoms. The molecule has 0 aromatic carbocycles. The van der Waals surface area contributed by atoms with Crippen molar-refractivity contribution >= 4 is 11.3 Å². The lowest BCUT2D eigenvalue weighted by Gasteiger charge is -2.32. The first-order chi connectivity index (χ1) is 8.92. The predicted molar refractivity (Wildman–Crippen MR) is 76.9 cm³/mol. The van der Waals surface area contributed by atoms with Crippen molar-refractivity contribution in [1.82, 2.24) is 5.32 Å². The Morgan fingerprint density at radius 3 is 3.00 bits per heavy atom. The highest BCUT2D eigenvalue weighted by molar-refractivity contribution is 7.09. The Hall–Kier alpha value is -0.340. The molecule has 3 aliphatic rings. The number of thiophene rings is 1. The van der Waals surface area contributed by atoms with E-state index in [1.807, 2.05) is 11.3 Å². The summed E-state index contributed by atoms with van der Waals surface area (Å²) in [6.45, 7) is 1.19. The highest BCUT2D eigenvalue weighted by Gasteiger charge is 2.53. The molecular weight excluding hydrogens is 238 g/mol. The molecule has 2 heteroatoms. The van der Waals surface area contributed by atoms with Gasteiger partial charge in [-0.15, -0.1) is 11.3 Å². The van der Waals surface area contributed by atoms with Gasteiger partial charge in [0.25, 0.3) is 0 Å². The zero-order valence-electron chi connectivity index (χ0n) is 11.0. The second-order valence-electron chi connectivity index (χ2n) is 6.54. The van der Waals surface area contributed by atoms with Gasteiger partial charge in [-0.1, -0.05) is 12.5 Å². The predicted octanol–water partition coefficient (Wildman–Crippen LogP) is 3.70.